The van der Waals surface area contributed by atoms with Gasteiger partial charge in [-0.05, 0) is 54.4 Å². The second kappa shape index (κ2) is 11.7. The molecular weight excluding hydrogens is 433 g/mol. The van der Waals surface area contributed by atoms with E-state index in [0.29, 0.717) is 0 Å². The van der Waals surface area contributed by atoms with E-state index in [1.165, 1.54) is 28.7 Å². The number of nitrogens with zero attached hydrogens (tertiary/aromatic N) is 2. The minimum atomic E-state index is -1.53. The fraction of sp³-hybridized carbons (Fsp3) is 0.586. The zero-order chi connectivity index (χ0) is 24.8. The summed E-state index contributed by atoms with van der Waals surface area (Å²) in [6, 6.07) is 13.9. The summed E-state index contributed by atoms with van der Waals surface area (Å²) in [5, 5.41) is 0. The van der Waals surface area contributed by atoms with Crippen molar-refractivity contribution in [1.82, 2.24) is 0 Å². The van der Waals surface area contributed by atoms with Crippen molar-refractivity contribution in [3.63, 3.8) is 0 Å². The van der Waals surface area contributed by atoms with Gasteiger partial charge in [-0.25, -0.2) is 0 Å². The Morgan fingerprint density at radius 1 is 0.515 bits per heavy atom. The highest BCUT2D eigenvalue weighted by atomic mass is 28.3. The Labute approximate surface area is 207 Å². The number of aryl methyl sites for hydroxylation is 4. The number of anilines is 2. The summed E-state index contributed by atoms with van der Waals surface area (Å²) in [5.74, 6) is 0. The predicted molar refractivity (Wildman–Crippen MR) is 156 cm³/mol. The van der Waals surface area contributed by atoms with Gasteiger partial charge in [0.05, 0.1) is 0 Å². The molecule has 0 aromatic heterocycles. The Kier molecular flexibility index (Phi) is 9.87. The van der Waals surface area contributed by atoms with E-state index in [4.69, 9.17) is 0 Å². The van der Waals surface area contributed by atoms with E-state index < -0.39 is 16.5 Å². The van der Waals surface area contributed by atoms with Crippen LogP contribution in [0.5, 0.6) is 0 Å². The lowest BCUT2D eigenvalue weighted by molar-refractivity contribution is 0.804. The molecule has 0 atom stereocenters. The van der Waals surface area contributed by atoms with Crippen LogP contribution in [0.25, 0.3) is 0 Å². The molecule has 2 nitrogen and oxygen atoms in total. The van der Waals surface area contributed by atoms with Gasteiger partial charge in [0.2, 0.25) is 0 Å². The zero-order valence-corrected chi connectivity index (χ0v) is 25.3. The Morgan fingerprint density at radius 3 is 1.00 bits per heavy atom. The van der Waals surface area contributed by atoms with Gasteiger partial charge in [-0.2, -0.15) is 0 Å². The second-order valence-corrected chi connectivity index (χ2v) is 21.0. The van der Waals surface area contributed by atoms with Crippen molar-refractivity contribution in [2.24, 2.45) is 0 Å². The first-order valence-corrected chi connectivity index (χ1v) is 20.2. The topological polar surface area (TPSA) is 6.48 Å². The smallest absolute Gasteiger partial charge is 0.147 e. The van der Waals surface area contributed by atoms with Gasteiger partial charge in [0, 0.05) is 24.5 Å². The third-order valence-electron chi connectivity index (χ3n) is 6.85. The average molecular weight is 483 g/mol. The first kappa shape index (κ1) is 27.7. The van der Waals surface area contributed by atoms with Crippen molar-refractivity contribution in [2.75, 3.05) is 22.2 Å². The Hall–Kier alpha value is -1.53. The minimum absolute atomic E-state index is 1.11. The first-order chi connectivity index (χ1) is 15.5. The third kappa shape index (κ3) is 6.76. The second-order valence-electron chi connectivity index (χ2n) is 11.3. The molecule has 0 aliphatic carbocycles. The van der Waals surface area contributed by atoms with Crippen molar-refractivity contribution in [3.05, 3.63) is 58.7 Å². The number of benzene rings is 2. The van der Waals surface area contributed by atoms with Crippen molar-refractivity contribution in [3.8, 4) is 0 Å². The normalized spacial score (nSPS) is 12.2. The van der Waals surface area contributed by atoms with E-state index in [0.717, 1.165) is 38.8 Å². The maximum Gasteiger partial charge on any atom is 0.147 e. The van der Waals surface area contributed by atoms with Crippen LogP contribution in [0.1, 0.15) is 56.4 Å². The molecule has 0 aliphatic rings. The van der Waals surface area contributed by atoms with Crippen molar-refractivity contribution >= 4 is 27.8 Å². The van der Waals surface area contributed by atoms with Gasteiger partial charge in [-0.15, -0.1) is 0 Å². The van der Waals surface area contributed by atoms with E-state index in [1.54, 1.807) is 11.4 Å². The summed E-state index contributed by atoms with van der Waals surface area (Å²) in [6.07, 6.45) is 5.63. The van der Waals surface area contributed by atoms with Crippen LogP contribution in [-0.4, -0.2) is 29.6 Å². The Balaban J connectivity index is 2.40. The molecule has 0 spiro atoms. The standard InChI is InChI=1S/C29H50N2Si2/c1-11-24-18-15-19-25(12-2)28(24)30(32(5,6)7)22-17-23-31(33(8,9)10)29-26(13-3)20-16-21-27(29)14-4/h15-16,18-21H,11-14,17,22-23H2,1-10H3. The summed E-state index contributed by atoms with van der Waals surface area (Å²) < 4.78 is 5.67. The molecule has 33 heavy (non-hydrogen) atoms. The Bertz CT molecular complexity index is 775. The maximum atomic E-state index is 2.83. The number of hydrogen-bond donors (Lipinski definition) is 0. The predicted octanol–water partition coefficient (Wildman–Crippen LogP) is 8.31. The SMILES string of the molecule is CCc1cccc(CC)c1N(CCCN(c1c(CC)cccc1CC)[Si](C)(C)C)[Si](C)(C)C. The van der Waals surface area contributed by atoms with Crippen LogP contribution in [0, 0.1) is 0 Å². The molecular formula is C29H50N2Si2. The van der Waals surface area contributed by atoms with E-state index in [2.05, 4.69) is 113 Å². The van der Waals surface area contributed by atoms with E-state index in [-0.39, 0.29) is 0 Å². The number of hydrogen-bond acceptors (Lipinski definition) is 2. The first-order valence-electron chi connectivity index (χ1n) is 13.3. The van der Waals surface area contributed by atoms with Crippen LogP contribution >= 0.6 is 0 Å². The molecule has 0 aliphatic heterocycles. The largest absolute Gasteiger partial charge is 0.397 e. The van der Waals surface area contributed by atoms with E-state index in [1.807, 2.05) is 0 Å². The molecule has 0 amide bonds. The summed E-state index contributed by atoms with van der Waals surface area (Å²) in [4.78, 5) is 0. The van der Waals surface area contributed by atoms with E-state index >= 15 is 0 Å². The minimum Gasteiger partial charge on any atom is -0.397 e. The molecule has 2 aromatic rings. The fourth-order valence-electron chi connectivity index (χ4n) is 5.08. The zero-order valence-electron chi connectivity index (χ0n) is 23.3. The van der Waals surface area contributed by atoms with Crippen molar-refractivity contribution in [1.29, 1.82) is 0 Å². The van der Waals surface area contributed by atoms with Crippen LogP contribution in [0.4, 0.5) is 11.4 Å². The van der Waals surface area contributed by atoms with Gasteiger partial charge in [-0.1, -0.05) is 103 Å². The molecule has 0 fully saturated rings. The van der Waals surface area contributed by atoms with Crippen LogP contribution in [0.3, 0.4) is 0 Å². The van der Waals surface area contributed by atoms with Crippen LogP contribution in [0.15, 0.2) is 36.4 Å². The molecule has 0 unspecified atom stereocenters. The molecule has 0 N–H and O–H groups in total. The highest BCUT2D eigenvalue weighted by molar-refractivity contribution is 6.80. The number of para-hydroxylation sites is 2. The van der Waals surface area contributed by atoms with E-state index in [9.17, 15) is 0 Å². The molecule has 2 rings (SSSR count). The monoisotopic (exact) mass is 482 g/mol. The molecule has 184 valence electrons. The van der Waals surface area contributed by atoms with Gasteiger partial charge < -0.3 is 9.13 Å². The van der Waals surface area contributed by atoms with Crippen molar-refractivity contribution in [2.45, 2.75) is 99.1 Å². The summed E-state index contributed by atoms with van der Waals surface area (Å²) in [5.41, 5.74) is 9.16. The molecule has 0 radical (unpaired) electrons. The average Bonchev–Trinajstić information content (AvgIpc) is 2.76. The lowest BCUT2D eigenvalue weighted by atomic mass is 10.0. The number of rotatable bonds is 12. The van der Waals surface area contributed by atoms with Gasteiger partial charge >= 0.3 is 0 Å². The molecule has 0 heterocycles. The van der Waals surface area contributed by atoms with Gasteiger partial charge in [0.1, 0.15) is 16.5 Å². The third-order valence-corrected chi connectivity index (χ3v) is 11.0. The van der Waals surface area contributed by atoms with Crippen LogP contribution < -0.4 is 9.13 Å². The quantitative estimate of drug-likeness (QED) is 0.281. The summed E-state index contributed by atoms with van der Waals surface area (Å²) in [7, 11) is -3.06. The summed E-state index contributed by atoms with van der Waals surface area (Å²) >= 11 is 0. The molecule has 0 saturated heterocycles. The van der Waals surface area contributed by atoms with Gasteiger partial charge in [0.15, 0.2) is 0 Å². The van der Waals surface area contributed by atoms with Crippen LogP contribution in [-0.2, 0) is 25.7 Å². The molecule has 4 heteroatoms. The summed E-state index contributed by atoms with van der Waals surface area (Å²) in [6.45, 7) is 26.6. The molecule has 0 saturated carbocycles. The van der Waals surface area contributed by atoms with Gasteiger partial charge in [0.25, 0.3) is 0 Å². The van der Waals surface area contributed by atoms with Crippen LogP contribution in [0.2, 0.25) is 39.3 Å². The maximum absolute atomic E-state index is 2.83. The lowest BCUT2D eigenvalue weighted by Crippen LogP contribution is -2.51. The fourth-order valence-corrected chi connectivity index (χ4v) is 8.65. The highest BCUT2D eigenvalue weighted by Gasteiger charge is 2.30. The van der Waals surface area contributed by atoms with Gasteiger partial charge in [-0.3, -0.25) is 0 Å². The lowest BCUT2D eigenvalue weighted by Gasteiger charge is -2.42. The molecule has 2 aromatic carbocycles. The molecule has 0 bridgehead atoms. The van der Waals surface area contributed by atoms with Crippen molar-refractivity contribution < 1.29 is 0 Å². The Morgan fingerprint density at radius 2 is 0.788 bits per heavy atom. The highest BCUT2D eigenvalue weighted by Crippen LogP contribution is 2.33.